The lowest BCUT2D eigenvalue weighted by Gasteiger charge is -2.05. The number of methoxy groups -OCH3 is 1. The number of nitrogen functional groups attached to an aromatic ring is 1. The molecule has 0 unspecified atom stereocenters. The van der Waals surface area contributed by atoms with Gasteiger partial charge in [0, 0.05) is 13.6 Å². The van der Waals surface area contributed by atoms with E-state index < -0.39 is 0 Å². The molecule has 0 radical (unpaired) electrons. The lowest BCUT2D eigenvalue weighted by atomic mass is 10.3. The molecule has 1 aromatic heterocycles. The van der Waals surface area contributed by atoms with Gasteiger partial charge in [-0.25, -0.2) is 0 Å². The molecule has 0 atom stereocenters. The zero-order chi connectivity index (χ0) is 12.8. The number of unbranched alkanes of at least 4 members (excludes halogenated alkanes) is 1. The van der Waals surface area contributed by atoms with Crippen LogP contribution >= 0.6 is 11.3 Å². The highest BCUT2D eigenvalue weighted by Gasteiger charge is 2.20. The molecule has 1 heterocycles. The van der Waals surface area contributed by atoms with Crippen LogP contribution in [0.15, 0.2) is 0 Å². The predicted molar refractivity (Wildman–Crippen MR) is 72.1 cm³/mol. The summed E-state index contributed by atoms with van der Waals surface area (Å²) in [5.74, 6) is 0.374. The van der Waals surface area contributed by atoms with Crippen LogP contribution in [-0.2, 0) is 0 Å². The Hall–Kier alpha value is -1.43. The summed E-state index contributed by atoms with van der Waals surface area (Å²) in [5, 5.41) is 6.62. The van der Waals surface area contributed by atoms with Crippen LogP contribution in [0, 0.1) is 0 Å². The van der Waals surface area contributed by atoms with E-state index in [0.29, 0.717) is 16.3 Å². The average molecular weight is 257 g/mol. The first-order valence-electron chi connectivity index (χ1n) is 5.57. The molecule has 0 aromatic carbocycles. The summed E-state index contributed by atoms with van der Waals surface area (Å²) in [5.41, 5.74) is 6.28. The van der Waals surface area contributed by atoms with Crippen molar-refractivity contribution in [2.75, 3.05) is 31.8 Å². The van der Waals surface area contributed by atoms with Gasteiger partial charge in [0.2, 0.25) is 0 Å². The molecular weight excluding hydrogens is 238 g/mol. The number of carbonyl (C=O) groups excluding carboxylic acids is 1. The standard InChI is InChI=1S/C11H19N3O2S/c1-4-5-6-14-11-8(16-3)7(12)9(17-11)10(15)13-2/h14H,4-6,12H2,1-3H3,(H,13,15). The number of nitrogens with one attached hydrogen (secondary N) is 2. The van der Waals surface area contributed by atoms with Crippen molar-refractivity contribution in [1.82, 2.24) is 5.32 Å². The minimum Gasteiger partial charge on any atom is -0.492 e. The largest absolute Gasteiger partial charge is 0.492 e. The van der Waals surface area contributed by atoms with E-state index in [4.69, 9.17) is 10.5 Å². The molecule has 96 valence electrons. The monoisotopic (exact) mass is 257 g/mol. The Balaban J connectivity index is 2.92. The first kappa shape index (κ1) is 13.6. The van der Waals surface area contributed by atoms with E-state index in [9.17, 15) is 4.79 Å². The molecule has 1 amide bonds. The maximum Gasteiger partial charge on any atom is 0.263 e. The van der Waals surface area contributed by atoms with Gasteiger partial charge in [-0.1, -0.05) is 13.3 Å². The first-order chi connectivity index (χ1) is 8.15. The third kappa shape index (κ3) is 3.03. The topological polar surface area (TPSA) is 76.4 Å². The Kier molecular flexibility index (Phi) is 5.09. The first-order valence-corrected chi connectivity index (χ1v) is 6.39. The SMILES string of the molecule is CCCCNc1sc(C(=O)NC)c(N)c1OC. The van der Waals surface area contributed by atoms with Gasteiger partial charge in [-0.05, 0) is 6.42 Å². The van der Waals surface area contributed by atoms with Gasteiger partial charge in [0.15, 0.2) is 5.75 Å². The van der Waals surface area contributed by atoms with Gasteiger partial charge in [-0.15, -0.1) is 11.3 Å². The van der Waals surface area contributed by atoms with Crippen LogP contribution in [0.1, 0.15) is 29.4 Å². The smallest absolute Gasteiger partial charge is 0.263 e. The van der Waals surface area contributed by atoms with Gasteiger partial charge in [-0.2, -0.15) is 0 Å². The number of nitrogens with two attached hydrogens (primary N) is 1. The fourth-order valence-electron chi connectivity index (χ4n) is 1.41. The highest BCUT2D eigenvalue weighted by atomic mass is 32.1. The van der Waals surface area contributed by atoms with Crippen molar-refractivity contribution < 1.29 is 9.53 Å². The summed E-state index contributed by atoms with van der Waals surface area (Å²) in [6, 6.07) is 0. The molecule has 4 N–H and O–H groups in total. The highest BCUT2D eigenvalue weighted by Crippen LogP contribution is 2.42. The number of hydrogen-bond donors (Lipinski definition) is 3. The minimum atomic E-state index is -0.186. The average Bonchev–Trinajstić information content (AvgIpc) is 2.65. The Morgan fingerprint density at radius 1 is 1.53 bits per heavy atom. The Morgan fingerprint density at radius 3 is 2.76 bits per heavy atom. The van der Waals surface area contributed by atoms with Crippen molar-refractivity contribution in [1.29, 1.82) is 0 Å². The summed E-state index contributed by atoms with van der Waals surface area (Å²) in [6.45, 7) is 2.97. The summed E-state index contributed by atoms with van der Waals surface area (Å²) in [7, 11) is 3.13. The lowest BCUT2D eigenvalue weighted by molar-refractivity contribution is 0.0967. The predicted octanol–water partition coefficient (Wildman–Crippen LogP) is 1.91. The zero-order valence-electron chi connectivity index (χ0n) is 10.4. The van der Waals surface area contributed by atoms with E-state index in [1.54, 1.807) is 14.2 Å². The van der Waals surface area contributed by atoms with Gasteiger partial charge in [0.05, 0.1) is 7.11 Å². The summed E-state index contributed by atoms with van der Waals surface area (Å²) in [6.07, 6.45) is 2.18. The van der Waals surface area contributed by atoms with E-state index in [0.717, 1.165) is 24.4 Å². The Bertz CT molecular complexity index is 390. The normalized spacial score (nSPS) is 10.1. The van der Waals surface area contributed by atoms with Gasteiger partial charge in [0.1, 0.15) is 15.6 Å². The second-order valence-corrected chi connectivity index (χ2v) is 4.59. The molecule has 0 spiro atoms. The fourth-order valence-corrected chi connectivity index (χ4v) is 2.47. The highest BCUT2D eigenvalue weighted by molar-refractivity contribution is 7.19. The summed E-state index contributed by atoms with van der Waals surface area (Å²) < 4.78 is 5.23. The van der Waals surface area contributed by atoms with Crippen molar-refractivity contribution in [2.45, 2.75) is 19.8 Å². The van der Waals surface area contributed by atoms with Crippen LogP contribution < -0.4 is 21.1 Å². The molecule has 17 heavy (non-hydrogen) atoms. The maximum atomic E-state index is 11.6. The molecule has 0 bridgehead atoms. The summed E-state index contributed by atoms with van der Waals surface area (Å²) >= 11 is 1.32. The number of thiophene rings is 1. The van der Waals surface area contributed by atoms with E-state index in [1.807, 2.05) is 0 Å². The number of amides is 1. The molecule has 1 rings (SSSR count). The van der Waals surface area contributed by atoms with Crippen LogP contribution in [0.5, 0.6) is 5.75 Å². The molecule has 0 aliphatic heterocycles. The molecule has 1 aromatic rings. The number of ether oxygens (including phenoxy) is 1. The number of rotatable bonds is 6. The third-order valence-electron chi connectivity index (χ3n) is 2.35. The second-order valence-electron chi connectivity index (χ2n) is 3.57. The third-order valence-corrected chi connectivity index (χ3v) is 3.50. The van der Waals surface area contributed by atoms with Crippen molar-refractivity contribution in [2.24, 2.45) is 0 Å². The summed E-state index contributed by atoms with van der Waals surface area (Å²) in [4.78, 5) is 12.1. The Labute approximate surface area is 105 Å². The molecule has 0 saturated heterocycles. The van der Waals surface area contributed by atoms with Gasteiger partial charge in [0.25, 0.3) is 5.91 Å². The molecule has 6 heteroatoms. The van der Waals surface area contributed by atoms with Crippen LogP contribution in [0.2, 0.25) is 0 Å². The molecule has 0 saturated carbocycles. The Morgan fingerprint density at radius 2 is 2.24 bits per heavy atom. The minimum absolute atomic E-state index is 0.186. The van der Waals surface area contributed by atoms with Gasteiger partial charge >= 0.3 is 0 Å². The fraction of sp³-hybridized carbons (Fsp3) is 0.545. The molecule has 0 aliphatic rings. The number of carbonyl (C=O) groups is 1. The number of anilines is 2. The zero-order valence-corrected chi connectivity index (χ0v) is 11.2. The molecule has 5 nitrogen and oxygen atoms in total. The van der Waals surface area contributed by atoms with Gasteiger partial charge in [-0.3, -0.25) is 4.79 Å². The molecular formula is C11H19N3O2S. The van der Waals surface area contributed by atoms with E-state index >= 15 is 0 Å². The van der Waals surface area contributed by atoms with Crippen molar-refractivity contribution in [3.63, 3.8) is 0 Å². The van der Waals surface area contributed by atoms with Crippen LogP contribution in [0.25, 0.3) is 0 Å². The lowest BCUT2D eigenvalue weighted by Crippen LogP contribution is -2.17. The van der Waals surface area contributed by atoms with E-state index in [1.165, 1.54) is 11.3 Å². The molecule has 0 fully saturated rings. The van der Waals surface area contributed by atoms with Gasteiger partial charge < -0.3 is 21.1 Å². The van der Waals surface area contributed by atoms with E-state index in [-0.39, 0.29) is 5.91 Å². The second kappa shape index (κ2) is 6.34. The molecule has 0 aliphatic carbocycles. The van der Waals surface area contributed by atoms with Crippen molar-refractivity contribution in [3.05, 3.63) is 4.88 Å². The maximum absolute atomic E-state index is 11.6. The van der Waals surface area contributed by atoms with E-state index in [2.05, 4.69) is 17.6 Å². The number of hydrogen-bond acceptors (Lipinski definition) is 5. The van der Waals surface area contributed by atoms with Crippen molar-refractivity contribution in [3.8, 4) is 5.75 Å². The van der Waals surface area contributed by atoms with Crippen LogP contribution in [-0.4, -0.2) is 26.6 Å². The van der Waals surface area contributed by atoms with Crippen LogP contribution in [0.4, 0.5) is 10.7 Å². The quantitative estimate of drug-likeness (QED) is 0.680. The van der Waals surface area contributed by atoms with Crippen molar-refractivity contribution >= 4 is 27.9 Å². The van der Waals surface area contributed by atoms with Crippen LogP contribution in [0.3, 0.4) is 0 Å².